The van der Waals surface area contributed by atoms with E-state index in [2.05, 4.69) is 24.2 Å². The second-order valence-electron chi connectivity index (χ2n) is 8.68. The molecule has 0 aromatic heterocycles. The van der Waals surface area contributed by atoms with Crippen LogP contribution in [0.1, 0.15) is 38.2 Å². The Hall–Kier alpha value is -2.25. The Labute approximate surface area is 197 Å². The van der Waals surface area contributed by atoms with Gasteiger partial charge >= 0.3 is 0 Å². The lowest BCUT2D eigenvalue weighted by molar-refractivity contribution is -0.135. The van der Waals surface area contributed by atoms with Crippen LogP contribution < -0.4 is 14.8 Å². The van der Waals surface area contributed by atoms with E-state index in [1.165, 1.54) is 12.8 Å². The second-order valence-corrected chi connectivity index (χ2v) is 8.68. The topological polar surface area (TPSA) is 71.1 Å². The van der Waals surface area contributed by atoms with Crippen LogP contribution in [0.25, 0.3) is 6.08 Å². The fourth-order valence-corrected chi connectivity index (χ4v) is 4.02. The largest absolute Gasteiger partial charge is 0.493 e. The van der Waals surface area contributed by atoms with Crippen molar-refractivity contribution in [2.45, 2.75) is 38.6 Å². The van der Waals surface area contributed by atoms with E-state index >= 15 is 0 Å². The van der Waals surface area contributed by atoms with Crippen LogP contribution in [0.15, 0.2) is 24.3 Å². The lowest BCUT2D eigenvalue weighted by Gasteiger charge is -2.32. The van der Waals surface area contributed by atoms with Gasteiger partial charge in [-0.1, -0.05) is 13.0 Å². The fourth-order valence-electron chi connectivity index (χ4n) is 4.02. The first-order valence-corrected chi connectivity index (χ1v) is 11.2. The first kappa shape index (κ1) is 26.0. The van der Waals surface area contributed by atoms with Crippen LogP contribution in [-0.2, 0) is 9.59 Å². The van der Waals surface area contributed by atoms with Gasteiger partial charge in [-0.05, 0) is 62.4 Å². The summed E-state index contributed by atoms with van der Waals surface area (Å²) in [6.07, 6.45) is 7.77. The van der Waals surface area contributed by atoms with Crippen LogP contribution in [0.5, 0.6) is 11.5 Å². The van der Waals surface area contributed by atoms with Gasteiger partial charge in [0.2, 0.25) is 5.91 Å². The van der Waals surface area contributed by atoms with Crippen LogP contribution in [0.3, 0.4) is 0 Å². The first-order valence-electron chi connectivity index (χ1n) is 11.2. The van der Waals surface area contributed by atoms with Gasteiger partial charge in [-0.15, -0.1) is 12.4 Å². The van der Waals surface area contributed by atoms with E-state index in [0.717, 1.165) is 50.5 Å². The van der Waals surface area contributed by atoms with Gasteiger partial charge in [0.05, 0.1) is 7.11 Å². The molecule has 32 heavy (non-hydrogen) atoms. The van der Waals surface area contributed by atoms with Crippen LogP contribution >= 0.6 is 12.4 Å². The first-order chi connectivity index (χ1) is 14.9. The molecule has 0 unspecified atom stereocenters. The maximum absolute atomic E-state index is 12.4. The smallest absolute Gasteiger partial charge is 0.260 e. The average molecular weight is 466 g/mol. The third-order valence-electron chi connectivity index (χ3n) is 6.18. The van der Waals surface area contributed by atoms with Gasteiger partial charge in [-0.25, -0.2) is 0 Å². The molecule has 2 aliphatic rings. The van der Waals surface area contributed by atoms with Crippen molar-refractivity contribution in [3.8, 4) is 11.5 Å². The highest BCUT2D eigenvalue weighted by Crippen LogP contribution is 2.29. The molecule has 7 nitrogen and oxygen atoms in total. The molecule has 1 saturated heterocycles. The number of hydrogen-bond acceptors (Lipinski definition) is 5. The highest BCUT2D eigenvalue weighted by atomic mass is 35.5. The molecule has 2 fully saturated rings. The lowest BCUT2D eigenvalue weighted by Crippen LogP contribution is -2.48. The Bertz CT molecular complexity index is 785. The SMILES string of the molecule is COc1cc(C=CC(=O)NC2CCC(C)CC2)ccc1OCC(=O)N1CCN(C)CC1.Cl. The molecule has 0 atom stereocenters. The zero-order valence-electron chi connectivity index (χ0n) is 19.3. The molecule has 8 heteroatoms. The number of halogens is 1. The number of nitrogens with zero attached hydrogens (tertiary/aromatic N) is 2. The summed E-state index contributed by atoms with van der Waals surface area (Å²) in [5.74, 6) is 1.72. The standard InChI is InChI=1S/C24H35N3O4.ClH/c1-18-4-8-20(9-5-18)25-23(28)11-7-19-6-10-21(22(16-19)30-3)31-17-24(29)27-14-12-26(2)13-15-27;/h6-7,10-11,16,18,20H,4-5,8-9,12-15,17H2,1-3H3,(H,25,28);1H. The van der Waals surface area contributed by atoms with Gasteiger partial charge in [0.25, 0.3) is 5.91 Å². The van der Waals surface area contributed by atoms with E-state index in [0.29, 0.717) is 11.5 Å². The summed E-state index contributed by atoms with van der Waals surface area (Å²) in [7, 11) is 3.62. The Morgan fingerprint density at radius 1 is 1.09 bits per heavy atom. The minimum absolute atomic E-state index is 0. The quantitative estimate of drug-likeness (QED) is 0.627. The highest BCUT2D eigenvalue weighted by molar-refractivity contribution is 5.92. The van der Waals surface area contributed by atoms with Crippen molar-refractivity contribution >= 4 is 30.3 Å². The minimum atomic E-state index is -0.0726. The zero-order chi connectivity index (χ0) is 22.2. The van der Waals surface area contributed by atoms with E-state index in [1.807, 2.05) is 17.0 Å². The summed E-state index contributed by atoms with van der Waals surface area (Å²) in [5.41, 5.74) is 0.835. The van der Waals surface area contributed by atoms with Crippen molar-refractivity contribution in [3.63, 3.8) is 0 Å². The number of piperazine rings is 1. The molecule has 3 rings (SSSR count). The van der Waals surface area contributed by atoms with Crippen molar-refractivity contribution in [3.05, 3.63) is 29.8 Å². The number of carbonyl (C=O) groups excluding carboxylic acids is 2. The average Bonchev–Trinajstić information content (AvgIpc) is 2.78. The van der Waals surface area contributed by atoms with Crippen molar-refractivity contribution in [1.82, 2.24) is 15.1 Å². The molecule has 1 heterocycles. The number of benzene rings is 1. The molecule has 1 aromatic carbocycles. The van der Waals surface area contributed by atoms with E-state index in [1.54, 1.807) is 25.3 Å². The number of rotatable bonds is 7. The van der Waals surface area contributed by atoms with Gasteiger partial charge < -0.3 is 24.6 Å². The van der Waals surface area contributed by atoms with Crippen LogP contribution in [0.2, 0.25) is 0 Å². The van der Waals surface area contributed by atoms with E-state index in [9.17, 15) is 9.59 Å². The summed E-state index contributed by atoms with van der Waals surface area (Å²) in [4.78, 5) is 28.7. The van der Waals surface area contributed by atoms with Gasteiger partial charge in [0.15, 0.2) is 18.1 Å². The molecule has 0 spiro atoms. The third-order valence-corrected chi connectivity index (χ3v) is 6.18. The van der Waals surface area contributed by atoms with Crippen molar-refractivity contribution in [2.75, 3.05) is 46.9 Å². The highest BCUT2D eigenvalue weighted by Gasteiger charge is 2.20. The molecule has 1 saturated carbocycles. The lowest BCUT2D eigenvalue weighted by atomic mass is 9.87. The summed E-state index contributed by atoms with van der Waals surface area (Å²) in [6, 6.07) is 5.71. The monoisotopic (exact) mass is 465 g/mol. The number of methoxy groups -OCH3 is 1. The Morgan fingerprint density at radius 2 is 1.78 bits per heavy atom. The summed E-state index contributed by atoms with van der Waals surface area (Å²) < 4.78 is 11.2. The van der Waals surface area contributed by atoms with Crippen LogP contribution in [-0.4, -0.2) is 74.6 Å². The van der Waals surface area contributed by atoms with E-state index in [-0.39, 0.29) is 36.9 Å². The normalized spacial score (nSPS) is 21.7. The van der Waals surface area contributed by atoms with Crippen LogP contribution in [0, 0.1) is 5.92 Å². The molecule has 1 aliphatic carbocycles. The third kappa shape index (κ3) is 7.71. The maximum Gasteiger partial charge on any atom is 0.260 e. The number of amides is 2. The molecule has 0 radical (unpaired) electrons. The number of carbonyl (C=O) groups is 2. The van der Waals surface area contributed by atoms with Crippen molar-refractivity contribution < 1.29 is 19.1 Å². The Balaban J connectivity index is 0.00000363. The van der Waals surface area contributed by atoms with Gasteiger partial charge in [0.1, 0.15) is 0 Å². The predicted octanol–water partition coefficient (Wildman–Crippen LogP) is 2.98. The van der Waals surface area contributed by atoms with Gasteiger partial charge in [-0.2, -0.15) is 0 Å². The Kier molecular flexibility index (Phi) is 10.3. The summed E-state index contributed by atoms with van der Waals surface area (Å²) in [6.45, 7) is 5.45. The summed E-state index contributed by atoms with van der Waals surface area (Å²) >= 11 is 0. The van der Waals surface area contributed by atoms with E-state index < -0.39 is 0 Å². The molecule has 178 valence electrons. The molecule has 1 N–H and O–H groups in total. The number of nitrogens with one attached hydrogen (secondary N) is 1. The number of ether oxygens (including phenoxy) is 2. The van der Waals surface area contributed by atoms with Gasteiger partial charge in [-0.3, -0.25) is 9.59 Å². The van der Waals surface area contributed by atoms with Gasteiger partial charge in [0, 0.05) is 38.3 Å². The van der Waals surface area contributed by atoms with Crippen molar-refractivity contribution in [1.29, 1.82) is 0 Å². The fraction of sp³-hybridized carbons (Fsp3) is 0.583. The Morgan fingerprint density at radius 3 is 2.44 bits per heavy atom. The zero-order valence-corrected chi connectivity index (χ0v) is 20.2. The van der Waals surface area contributed by atoms with Crippen molar-refractivity contribution in [2.24, 2.45) is 5.92 Å². The molecule has 1 aromatic rings. The molecular formula is C24H36ClN3O4. The number of likely N-dealkylation sites (N-methyl/N-ethyl adjacent to an activating group) is 1. The predicted molar refractivity (Wildman–Crippen MR) is 128 cm³/mol. The molecular weight excluding hydrogens is 430 g/mol. The number of hydrogen-bond donors (Lipinski definition) is 1. The van der Waals surface area contributed by atoms with E-state index in [4.69, 9.17) is 9.47 Å². The summed E-state index contributed by atoms with van der Waals surface area (Å²) in [5, 5.41) is 3.09. The molecule has 0 bridgehead atoms. The van der Waals surface area contributed by atoms with Crippen LogP contribution in [0.4, 0.5) is 0 Å². The molecule has 2 amide bonds. The second kappa shape index (κ2) is 12.7. The molecule has 1 aliphatic heterocycles. The minimum Gasteiger partial charge on any atom is -0.493 e. The maximum atomic E-state index is 12.4.